The maximum atomic E-state index is 12.1. The monoisotopic (exact) mass is 293 g/mol. The number of carbonyl (C=O) groups excluding carboxylic acids is 2. The Bertz CT molecular complexity index is 810. The van der Waals surface area contributed by atoms with Crippen LogP contribution in [0.2, 0.25) is 0 Å². The minimum absolute atomic E-state index is 0.0488. The molecular formula is C16H11N3O3. The number of fused-ring (bicyclic) bond motifs is 1. The van der Waals surface area contributed by atoms with Crippen molar-refractivity contribution in [3.8, 4) is 0 Å². The van der Waals surface area contributed by atoms with Crippen molar-refractivity contribution in [2.45, 2.75) is 0 Å². The second kappa shape index (κ2) is 5.61. The number of carbonyl (C=O) groups is 2. The Morgan fingerprint density at radius 1 is 1.18 bits per heavy atom. The number of amides is 1. The van der Waals surface area contributed by atoms with Crippen LogP contribution in [0.15, 0.2) is 59.5 Å². The summed E-state index contributed by atoms with van der Waals surface area (Å²) in [6, 6.07) is 9.94. The summed E-state index contributed by atoms with van der Waals surface area (Å²) in [5.41, 5.74) is 3.56. The van der Waals surface area contributed by atoms with E-state index in [9.17, 15) is 14.7 Å². The molecule has 6 nitrogen and oxygen atoms in total. The normalized spacial score (nSPS) is 13.5. The first-order chi connectivity index (χ1) is 10.7. The van der Waals surface area contributed by atoms with Gasteiger partial charge < -0.3 is 5.11 Å². The molecule has 108 valence electrons. The minimum atomic E-state index is -0.451. The molecule has 1 amide bonds. The molecule has 2 N–H and O–H groups in total. The number of ketones is 1. The molecule has 0 saturated heterocycles. The van der Waals surface area contributed by atoms with Crippen molar-refractivity contribution >= 4 is 23.7 Å². The number of aliphatic hydroxyl groups excluding tert-OH is 1. The molecule has 1 aromatic heterocycles. The Balaban J connectivity index is 1.76. The Labute approximate surface area is 125 Å². The lowest BCUT2D eigenvalue weighted by Gasteiger charge is -1.98. The number of hydrazone groups is 1. The largest absolute Gasteiger partial charge is 0.506 e. The number of benzene rings is 1. The van der Waals surface area contributed by atoms with Crippen molar-refractivity contribution < 1.29 is 14.7 Å². The number of aromatic nitrogens is 1. The quantitative estimate of drug-likeness (QED) is 0.668. The average molecular weight is 293 g/mol. The number of aliphatic hydroxyl groups is 1. The lowest BCUT2D eigenvalue weighted by Crippen LogP contribution is -2.18. The van der Waals surface area contributed by atoms with E-state index in [4.69, 9.17) is 0 Å². The van der Waals surface area contributed by atoms with E-state index in [0.717, 1.165) is 6.21 Å². The number of hydrogen-bond acceptors (Lipinski definition) is 5. The summed E-state index contributed by atoms with van der Waals surface area (Å²) in [5.74, 6) is -0.917. The molecule has 0 saturated carbocycles. The van der Waals surface area contributed by atoms with Gasteiger partial charge in [-0.1, -0.05) is 24.3 Å². The maximum absolute atomic E-state index is 12.1. The first-order valence-electron chi connectivity index (χ1n) is 6.49. The third-order valence-electron chi connectivity index (χ3n) is 3.21. The van der Waals surface area contributed by atoms with Gasteiger partial charge in [-0.2, -0.15) is 5.10 Å². The first kappa shape index (κ1) is 13.7. The zero-order chi connectivity index (χ0) is 15.5. The standard InChI is InChI=1S/C16H11N3O3/c20-14-11-5-1-2-6-12(11)15(21)13(14)9-18-19-16(22)10-4-3-7-17-8-10/h1-9,20H,(H,19,22)/b18-9+. The molecule has 6 heteroatoms. The van der Waals surface area contributed by atoms with Crippen molar-refractivity contribution in [3.05, 3.63) is 71.1 Å². The van der Waals surface area contributed by atoms with E-state index in [1.165, 1.54) is 6.20 Å². The van der Waals surface area contributed by atoms with Gasteiger partial charge in [0.25, 0.3) is 5.91 Å². The number of nitrogens with zero attached hydrogens (tertiary/aromatic N) is 2. The van der Waals surface area contributed by atoms with Crippen LogP contribution < -0.4 is 5.43 Å². The molecule has 1 aliphatic rings. The van der Waals surface area contributed by atoms with E-state index in [-0.39, 0.29) is 17.1 Å². The van der Waals surface area contributed by atoms with Crippen molar-refractivity contribution in [2.24, 2.45) is 5.10 Å². The molecule has 0 fully saturated rings. The summed E-state index contributed by atoms with van der Waals surface area (Å²) in [7, 11) is 0. The van der Waals surface area contributed by atoms with E-state index in [0.29, 0.717) is 16.7 Å². The summed E-state index contributed by atoms with van der Waals surface area (Å²) in [6.45, 7) is 0. The fourth-order valence-electron chi connectivity index (χ4n) is 2.12. The summed E-state index contributed by atoms with van der Waals surface area (Å²) in [4.78, 5) is 27.7. The van der Waals surface area contributed by atoms with Crippen LogP contribution in [0.4, 0.5) is 0 Å². The molecule has 0 unspecified atom stereocenters. The van der Waals surface area contributed by atoms with Crippen molar-refractivity contribution in [1.82, 2.24) is 10.4 Å². The number of pyridine rings is 1. The Morgan fingerprint density at radius 3 is 2.64 bits per heavy atom. The second-order valence-electron chi connectivity index (χ2n) is 4.58. The SMILES string of the molecule is O=C(N/N=C/C1=C(O)c2ccccc2C1=O)c1cccnc1. The van der Waals surface area contributed by atoms with Gasteiger partial charge in [0.2, 0.25) is 0 Å². The summed E-state index contributed by atoms with van der Waals surface area (Å²) < 4.78 is 0. The van der Waals surface area contributed by atoms with Gasteiger partial charge in [0.15, 0.2) is 5.78 Å². The van der Waals surface area contributed by atoms with Crippen molar-refractivity contribution in [3.63, 3.8) is 0 Å². The lowest BCUT2D eigenvalue weighted by molar-refractivity contribution is 0.0953. The predicted molar refractivity (Wildman–Crippen MR) is 80.5 cm³/mol. The minimum Gasteiger partial charge on any atom is -0.506 e. The smallest absolute Gasteiger partial charge is 0.272 e. The van der Waals surface area contributed by atoms with Gasteiger partial charge in [-0.25, -0.2) is 5.43 Å². The number of allylic oxidation sites excluding steroid dienone is 1. The van der Waals surface area contributed by atoms with Crippen LogP contribution >= 0.6 is 0 Å². The van der Waals surface area contributed by atoms with Gasteiger partial charge in [-0.3, -0.25) is 14.6 Å². The predicted octanol–water partition coefficient (Wildman–Crippen LogP) is 1.96. The van der Waals surface area contributed by atoms with Crippen molar-refractivity contribution in [2.75, 3.05) is 0 Å². The van der Waals surface area contributed by atoms with Crippen molar-refractivity contribution in [1.29, 1.82) is 0 Å². The molecule has 1 heterocycles. The fourth-order valence-corrected chi connectivity index (χ4v) is 2.12. The summed E-state index contributed by atoms with van der Waals surface area (Å²) in [6.07, 6.45) is 4.10. The molecule has 0 atom stereocenters. The van der Waals surface area contributed by atoms with Gasteiger partial charge in [0.1, 0.15) is 5.76 Å². The Kier molecular flexibility index (Phi) is 3.49. The molecule has 0 radical (unpaired) electrons. The molecule has 3 rings (SSSR count). The summed E-state index contributed by atoms with van der Waals surface area (Å²) in [5, 5.41) is 13.8. The number of Topliss-reactive ketones (excluding diaryl/α,β-unsaturated/α-hetero) is 1. The molecule has 22 heavy (non-hydrogen) atoms. The molecule has 0 spiro atoms. The highest BCUT2D eigenvalue weighted by atomic mass is 16.3. The van der Waals surface area contributed by atoms with E-state index in [2.05, 4.69) is 15.5 Å². The van der Waals surface area contributed by atoms with Crippen LogP contribution in [0.1, 0.15) is 26.3 Å². The third kappa shape index (κ3) is 2.37. The molecule has 1 aliphatic carbocycles. The highest BCUT2D eigenvalue weighted by Gasteiger charge is 2.27. The topological polar surface area (TPSA) is 91.6 Å². The fraction of sp³-hybridized carbons (Fsp3) is 0. The van der Waals surface area contributed by atoms with E-state index < -0.39 is 5.91 Å². The van der Waals surface area contributed by atoms with E-state index >= 15 is 0 Å². The van der Waals surface area contributed by atoms with Crippen LogP contribution in [0, 0.1) is 0 Å². The van der Waals surface area contributed by atoms with Gasteiger partial charge in [-0.15, -0.1) is 0 Å². The Hall–Kier alpha value is -3.28. The van der Waals surface area contributed by atoms with Gasteiger partial charge in [-0.05, 0) is 12.1 Å². The average Bonchev–Trinajstić information content (AvgIpc) is 2.81. The van der Waals surface area contributed by atoms with Gasteiger partial charge in [0.05, 0.1) is 17.4 Å². The second-order valence-corrected chi connectivity index (χ2v) is 4.58. The summed E-state index contributed by atoms with van der Waals surface area (Å²) >= 11 is 0. The molecule has 0 aliphatic heterocycles. The third-order valence-corrected chi connectivity index (χ3v) is 3.21. The molecule has 0 bridgehead atoms. The molecule has 1 aromatic carbocycles. The molecule has 2 aromatic rings. The first-order valence-corrected chi connectivity index (χ1v) is 6.49. The number of hydrogen-bond donors (Lipinski definition) is 2. The van der Waals surface area contributed by atoms with E-state index in [1.807, 2.05) is 0 Å². The van der Waals surface area contributed by atoms with Crippen LogP contribution in [0.25, 0.3) is 5.76 Å². The van der Waals surface area contributed by atoms with Gasteiger partial charge >= 0.3 is 0 Å². The van der Waals surface area contributed by atoms with Crippen LogP contribution in [-0.2, 0) is 0 Å². The van der Waals surface area contributed by atoms with E-state index in [1.54, 1.807) is 42.6 Å². The van der Waals surface area contributed by atoms with Crippen LogP contribution in [0.5, 0.6) is 0 Å². The molecular weight excluding hydrogens is 282 g/mol. The van der Waals surface area contributed by atoms with Crippen LogP contribution in [-0.4, -0.2) is 28.0 Å². The Morgan fingerprint density at radius 2 is 1.95 bits per heavy atom. The zero-order valence-corrected chi connectivity index (χ0v) is 11.4. The maximum Gasteiger partial charge on any atom is 0.272 e. The highest BCUT2D eigenvalue weighted by molar-refractivity contribution is 6.30. The number of rotatable bonds is 3. The van der Waals surface area contributed by atoms with Gasteiger partial charge in [0, 0.05) is 23.5 Å². The zero-order valence-electron chi connectivity index (χ0n) is 11.4. The van der Waals surface area contributed by atoms with Crippen LogP contribution in [0.3, 0.4) is 0 Å². The highest BCUT2D eigenvalue weighted by Crippen LogP contribution is 2.29. The lowest BCUT2D eigenvalue weighted by atomic mass is 10.1. The number of nitrogens with one attached hydrogen (secondary N) is 1.